The third-order valence-electron chi connectivity index (χ3n) is 7.94. The van der Waals surface area contributed by atoms with E-state index in [1.54, 1.807) is 0 Å². The molecule has 0 aromatic heterocycles. The molecular formula is C41H36N2. The van der Waals surface area contributed by atoms with Crippen LogP contribution in [0.5, 0.6) is 0 Å². The second-order valence-corrected chi connectivity index (χ2v) is 10.6. The van der Waals surface area contributed by atoms with Crippen LogP contribution in [0.15, 0.2) is 176 Å². The smallest absolute Gasteiger partial charge is 0.0567 e. The summed E-state index contributed by atoms with van der Waals surface area (Å²) in [7, 11) is 2.16. The van der Waals surface area contributed by atoms with Gasteiger partial charge in [-0.15, -0.1) is 0 Å². The second kappa shape index (κ2) is 12.7. The summed E-state index contributed by atoms with van der Waals surface area (Å²) in [6.07, 6.45) is 19.8. The molecule has 0 bridgehead atoms. The minimum Gasteiger partial charge on any atom is -0.344 e. The molecule has 5 aromatic carbocycles. The van der Waals surface area contributed by atoms with Crippen LogP contribution in [-0.4, -0.2) is 7.05 Å². The molecule has 0 radical (unpaired) electrons. The molecule has 0 atom stereocenters. The minimum absolute atomic E-state index is 0.927. The Labute approximate surface area is 255 Å². The molecule has 0 aliphatic heterocycles. The van der Waals surface area contributed by atoms with Crippen LogP contribution >= 0.6 is 0 Å². The van der Waals surface area contributed by atoms with Crippen molar-refractivity contribution in [2.75, 3.05) is 16.8 Å². The first-order valence-corrected chi connectivity index (χ1v) is 14.8. The molecule has 0 fully saturated rings. The molecule has 0 saturated carbocycles. The van der Waals surface area contributed by atoms with Crippen LogP contribution in [0.1, 0.15) is 13.3 Å². The molecule has 43 heavy (non-hydrogen) atoms. The third-order valence-corrected chi connectivity index (χ3v) is 7.94. The van der Waals surface area contributed by atoms with Crippen molar-refractivity contribution in [3.8, 4) is 11.1 Å². The maximum absolute atomic E-state index is 4.10. The molecule has 0 spiro atoms. The molecule has 210 valence electrons. The molecule has 2 heteroatoms. The number of hydrogen-bond acceptors (Lipinski definition) is 2. The largest absolute Gasteiger partial charge is 0.344 e. The van der Waals surface area contributed by atoms with Crippen LogP contribution in [0.4, 0.5) is 17.1 Å². The molecule has 1 aliphatic carbocycles. The van der Waals surface area contributed by atoms with Crippen molar-refractivity contribution in [2.24, 2.45) is 0 Å². The summed E-state index contributed by atoms with van der Waals surface area (Å²) < 4.78 is 0. The Morgan fingerprint density at radius 3 is 1.95 bits per heavy atom. The molecule has 0 saturated heterocycles. The van der Waals surface area contributed by atoms with Gasteiger partial charge in [-0.25, -0.2) is 0 Å². The second-order valence-electron chi connectivity index (χ2n) is 10.6. The fourth-order valence-corrected chi connectivity index (χ4v) is 5.75. The van der Waals surface area contributed by atoms with Crippen molar-refractivity contribution in [3.63, 3.8) is 0 Å². The van der Waals surface area contributed by atoms with E-state index >= 15 is 0 Å². The normalized spacial score (nSPS) is 13.3. The summed E-state index contributed by atoms with van der Waals surface area (Å²) in [6.45, 7) is 6.13. The van der Waals surface area contributed by atoms with Gasteiger partial charge in [0.1, 0.15) is 0 Å². The van der Waals surface area contributed by atoms with E-state index in [9.17, 15) is 0 Å². The molecule has 0 heterocycles. The molecule has 6 rings (SSSR count). The monoisotopic (exact) mass is 556 g/mol. The van der Waals surface area contributed by atoms with E-state index < -0.39 is 0 Å². The van der Waals surface area contributed by atoms with Crippen molar-refractivity contribution in [1.29, 1.82) is 0 Å². The van der Waals surface area contributed by atoms with Crippen LogP contribution in [0.3, 0.4) is 0 Å². The summed E-state index contributed by atoms with van der Waals surface area (Å²) in [5.74, 6) is 0. The van der Waals surface area contributed by atoms with Gasteiger partial charge in [0.2, 0.25) is 0 Å². The van der Waals surface area contributed by atoms with Crippen molar-refractivity contribution in [2.45, 2.75) is 13.3 Å². The average molecular weight is 557 g/mol. The zero-order valence-electron chi connectivity index (χ0n) is 24.8. The predicted molar refractivity (Wildman–Crippen MR) is 188 cm³/mol. The lowest BCUT2D eigenvalue weighted by Gasteiger charge is -2.27. The topological polar surface area (TPSA) is 6.48 Å². The number of nitrogens with zero attached hydrogens (tertiary/aromatic N) is 2. The lowest BCUT2D eigenvalue weighted by atomic mass is 9.99. The molecule has 0 N–H and O–H groups in total. The Hall–Kier alpha value is -5.34. The summed E-state index contributed by atoms with van der Waals surface area (Å²) in [6, 6.07) is 37.2. The van der Waals surface area contributed by atoms with E-state index in [0.29, 0.717) is 0 Å². The van der Waals surface area contributed by atoms with Gasteiger partial charge in [-0.3, -0.25) is 0 Å². The van der Waals surface area contributed by atoms with Crippen molar-refractivity contribution >= 4 is 38.6 Å². The Kier molecular flexibility index (Phi) is 8.19. The number of anilines is 3. The highest BCUT2D eigenvalue weighted by Gasteiger charge is 2.15. The predicted octanol–water partition coefficient (Wildman–Crippen LogP) is 11.3. The maximum Gasteiger partial charge on any atom is 0.0567 e. The summed E-state index contributed by atoms with van der Waals surface area (Å²) in [5, 5.41) is 5.01. The minimum atomic E-state index is 0.927. The fraction of sp³-hybridized carbons (Fsp3) is 0.0732. The summed E-state index contributed by atoms with van der Waals surface area (Å²) >= 11 is 0. The van der Waals surface area contributed by atoms with Gasteiger partial charge in [-0.1, -0.05) is 110 Å². The fourth-order valence-electron chi connectivity index (χ4n) is 5.75. The standard InChI is InChI=1S/C41H36N2/c1-4-6-17-35(5-2)43(37-18-9-7-8-10-19-37)38-28-24-32(25-29-38)31-22-26-36(27-23-31)42(3)41-39-20-13-11-15-33(39)30-34-16-12-14-21-40(34)41/h4-7,9-30H,2,8H2,1,3H3/b6-4-,35-17+. The van der Waals surface area contributed by atoms with Gasteiger partial charge in [0, 0.05) is 40.6 Å². The highest BCUT2D eigenvalue weighted by Crippen LogP contribution is 2.39. The van der Waals surface area contributed by atoms with Gasteiger partial charge < -0.3 is 9.80 Å². The Bertz CT molecular complexity index is 1860. The van der Waals surface area contributed by atoms with E-state index in [4.69, 9.17) is 0 Å². The third kappa shape index (κ3) is 5.73. The Morgan fingerprint density at radius 2 is 1.35 bits per heavy atom. The molecule has 0 unspecified atom stereocenters. The van der Waals surface area contributed by atoms with Crippen LogP contribution in [0, 0.1) is 0 Å². The van der Waals surface area contributed by atoms with Crippen LogP contribution < -0.4 is 9.80 Å². The summed E-state index contributed by atoms with van der Waals surface area (Å²) in [5.41, 5.74) is 7.95. The molecular weight excluding hydrogens is 520 g/mol. The van der Waals surface area contributed by atoms with Crippen molar-refractivity contribution in [1.82, 2.24) is 0 Å². The highest BCUT2D eigenvalue weighted by atomic mass is 15.1. The number of rotatable bonds is 8. The van der Waals surface area contributed by atoms with E-state index in [-0.39, 0.29) is 0 Å². The van der Waals surface area contributed by atoms with Crippen molar-refractivity contribution < 1.29 is 0 Å². The Balaban J connectivity index is 1.32. The van der Waals surface area contributed by atoms with Crippen LogP contribution in [0.2, 0.25) is 0 Å². The van der Waals surface area contributed by atoms with Gasteiger partial charge in [-0.05, 0) is 89.9 Å². The van der Waals surface area contributed by atoms with Gasteiger partial charge in [0.15, 0.2) is 0 Å². The van der Waals surface area contributed by atoms with Gasteiger partial charge in [0.05, 0.1) is 5.69 Å². The van der Waals surface area contributed by atoms with Gasteiger partial charge in [-0.2, -0.15) is 0 Å². The van der Waals surface area contributed by atoms with Crippen molar-refractivity contribution in [3.05, 3.63) is 176 Å². The van der Waals surface area contributed by atoms with Gasteiger partial charge >= 0.3 is 0 Å². The number of hydrogen-bond donors (Lipinski definition) is 0. The van der Waals surface area contributed by atoms with Gasteiger partial charge in [0.25, 0.3) is 0 Å². The van der Waals surface area contributed by atoms with Crippen LogP contribution in [-0.2, 0) is 0 Å². The lowest BCUT2D eigenvalue weighted by molar-refractivity contribution is 1.14. The average Bonchev–Trinajstić information content (AvgIpc) is 3.35. The zero-order chi connectivity index (χ0) is 29.6. The lowest BCUT2D eigenvalue weighted by Crippen LogP contribution is -2.19. The first kappa shape index (κ1) is 27.8. The first-order chi connectivity index (χ1) is 21.2. The quantitative estimate of drug-likeness (QED) is 0.139. The molecule has 1 aliphatic rings. The van der Waals surface area contributed by atoms with E-state index in [1.807, 2.05) is 19.1 Å². The number of allylic oxidation sites excluding steroid dienone is 9. The number of fused-ring (bicyclic) bond motifs is 2. The van der Waals surface area contributed by atoms with E-state index in [2.05, 4.69) is 169 Å². The highest BCUT2D eigenvalue weighted by molar-refractivity contribution is 6.12. The van der Waals surface area contributed by atoms with E-state index in [1.165, 1.54) is 38.4 Å². The molecule has 0 amide bonds. The Morgan fingerprint density at radius 1 is 0.744 bits per heavy atom. The first-order valence-electron chi connectivity index (χ1n) is 14.8. The SMILES string of the molecule is C=C/C(=C\C=C/C)N(C1=CC=CCC=C1)c1ccc(-c2ccc(N(C)c3c4ccccc4cc4ccccc34)cc2)cc1. The summed E-state index contributed by atoms with van der Waals surface area (Å²) in [4.78, 5) is 4.56. The number of benzene rings is 5. The molecule has 2 nitrogen and oxygen atoms in total. The van der Waals surface area contributed by atoms with Crippen LogP contribution in [0.25, 0.3) is 32.7 Å². The maximum atomic E-state index is 4.10. The zero-order valence-corrected chi connectivity index (χ0v) is 24.8. The molecule has 5 aromatic rings. The van der Waals surface area contributed by atoms with E-state index in [0.717, 1.165) is 29.2 Å².